The number of rotatable bonds is 10. The molecule has 0 N–H and O–H groups in total. The molecule has 184 valence electrons. The van der Waals surface area contributed by atoms with Gasteiger partial charge in [0, 0.05) is 11.5 Å². The number of carbonyl (C=O) groups excluding carboxylic acids is 1. The van der Waals surface area contributed by atoms with Crippen LogP contribution < -0.4 is 0 Å². The fourth-order valence-corrected chi connectivity index (χ4v) is 4.31. The van der Waals surface area contributed by atoms with E-state index >= 15 is 0 Å². The number of hydrogen-bond donors (Lipinski definition) is 0. The Bertz CT molecular complexity index is 836. The zero-order valence-corrected chi connectivity index (χ0v) is 21.9. The molecule has 0 aliphatic carbocycles. The first-order valence-electron chi connectivity index (χ1n) is 11.1. The number of methoxy groups -OCH3 is 1. The minimum Gasteiger partial charge on any atom is -0.467 e. The molecule has 0 aromatic heterocycles. The second-order valence-electron chi connectivity index (χ2n) is 10.1. The molecule has 0 amide bonds. The zero-order chi connectivity index (χ0) is 24.9. The predicted molar refractivity (Wildman–Crippen MR) is 127 cm³/mol. The lowest BCUT2D eigenvalue weighted by atomic mass is 10.0. The van der Waals surface area contributed by atoms with Crippen LogP contribution in [0.25, 0.3) is 10.4 Å². The number of esters is 1. The van der Waals surface area contributed by atoms with Gasteiger partial charge in [-0.05, 0) is 43.1 Å². The standard InChI is InChI=1S/C23H37N3O6Si/c1-22(2,3)33(7,8)30-15-17(25-26-24)18(29-14-16-12-10-9-11-13-16)19-20(21(27)28-6)32-23(4,5)31-19/h9-13,17-20H,14-15H2,1-8H3/t17-,18-,19+,20+/m1/s1. The summed E-state index contributed by atoms with van der Waals surface area (Å²) in [5, 5.41) is 3.97. The Labute approximate surface area is 197 Å². The lowest BCUT2D eigenvalue weighted by Gasteiger charge is -2.38. The second-order valence-corrected chi connectivity index (χ2v) is 15.0. The van der Waals surface area contributed by atoms with Gasteiger partial charge in [0.25, 0.3) is 0 Å². The number of hydrogen-bond acceptors (Lipinski definition) is 7. The molecule has 0 spiro atoms. The summed E-state index contributed by atoms with van der Waals surface area (Å²) in [5.74, 6) is -1.62. The zero-order valence-electron chi connectivity index (χ0n) is 20.9. The highest BCUT2D eigenvalue weighted by atomic mass is 28.4. The molecule has 10 heteroatoms. The van der Waals surface area contributed by atoms with Crippen LogP contribution in [0.5, 0.6) is 0 Å². The van der Waals surface area contributed by atoms with Crippen molar-refractivity contribution in [3.05, 3.63) is 46.3 Å². The van der Waals surface area contributed by atoms with Gasteiger partial charge >= 0.3 is 5.97 Å². The third-order valence-electron chi connectivity index (χ3n) is 6.17. The van der Waals surface area contributed by atoms with E-state index in [4.69, 9.17) is 23.4 Å². The lowest BCUT2D eigenvalue weighted by molar-refractivity contribution is -0.171. The van der Waals surface area contributed by atoms with Crippen LogP contribution in [0.15, 0.2) is 35.4 Å². The average molecular weight is 480 g/mol. The molecule has 0 bridgehead atoms. The van der Waals surface area contributed by atoms with Gasteiger partial charge in [0.05, 0.1) is 25.9 Å². The van der Waals surface area contributed by atoms with Crippen LogP contribution in [0.3, 0.4) is 0 Å². The van der Waals surface area contributed by atoms with Gasteiger partial charge < -0.3 is 23.4 Å². The van der Waals surface area contributed by atoms with E-state index in [2.05, 4.69) is 43.9 Å². The number of benzene rings is 1. The topological polar surface area (TPSA) is 112 Å². The van der Waals surface area contributed by atoms with Gasteiger partial charge in [0.15, 0.2) is 20.2 Å². The van der Waals surface area contributed by atoms with Crippen molar-refractivity contribution in [2.45, 2.75) is 89.5 Å². The smallest absolute Gasteiger partial charge is 0.337 e. The van der Waals surface area contributed by atoms with Crippen LogP contribution in [0.2, 0.25) is 18.1 Å². The van der Waals surface area contributed by atoms with Gasteiger partial charge in [-0.2, -0.15) is 0 Å². The van der Waals surface area contributed by atoms with Crippen LogP contribution >= 0.6 is 0 Å². The van der Waals surface area contributed by atoms with Crippen LogP contribution in [0.1, 0.15) is 40.2 Å². The quantitative estimate of drug-likeness (QED) is 0.154. The van der Waals surface area contributed by atoms with Crippen molar-refractivity contribution in [1.29, 1.82) is 0 Å². The Balaban J connectivity index is 2.37. The number of nitrogens with zero attached hydrogens (tertiary/aromatic N) is 3. The minimum atomic E-state index is -2.15. The maximum absolute atomic E-state index is 12.5. The normalized spacial score (nSPS) is 22.3. The molecule has 1 saturated heterocycles. The van der Waals surface area contributed by atoms with E-state index in [1.54, 1.807) is 13.8 Å². The van der Waals surface area contributed by atoms with Gasteiger partial charge in [-0.25, -0.2) is 4.79 Å². The van der Waals surface area contributed by atoms with E-state index < -0.39 is 44.4 Å². The Morgan fingerprint density at radius 2 is 1.88 bits per heavy atom. The first-order chi connectivity index (χ1) is 15.3. The van der Waals surface area contributed by atoms with E-state index in [1.807, 2.05) is 30.3 Å². The molecule has 0 unspecified atom stereocenters. The average Bonchev–Trinajstić information content (AvgIpc) is 3.06. The van der Waals surface area contributed by atoms with Crippen LogP contribution in [0.4, 0.5) is 0 Å². The highest BCUT2D eigenvalue weighted by Gasteiger charge is 2.52. The van der Waals surface area contributed by atoms with E-state index in [0.717, 1.165) is 5.56 Å². The monoisotopic (exact) mass is 479 g/mol. The highest BCUT2D eigenvalue weighted by Crippen LogP contribution is 2.38. The van der Waals surface area contributed by atoms with Gasteiger partial charge in [-0.1, -0.05) is 56.2 Å². The lowest BCUT2D eigenvalue weighted by Crippen LogP contribution is -2.50. The van der Waals surface area contributed by atoms with E-state index in [-0.39, 0.29) is 18.3 Å². The third-order valence-corrected chi connectivity index (χ3v) is 10.7. The molecular weight excluding hydrogens is 442 g/mol. The molecule has 33 heavy (non-hydrogen) atoms. The van der Waals surface area contributed by atoms with Crippen molar-refractivity contribution in [3.8, 4) is 0 Å². The number of ether oxygens (including phenoxy) is 4. The summed E-state index contributed by atoms with van der Waals surface area (Å²) in [5.41, 5.74) is 10.3. The predicted octanol–water partition coefficient (Wildman–Crippen LogP) is 4.97. The summed E-state index contributed by atoms with van der Waals surface area (Å²) in [6.45, 7) is 14.4. The van der Waals surface area contributed by atoms with Crippen LogP contribution in [0, 0.1) is 0 Å². The molecule has 1 aromatic rings. The molecule has 9 nitrogen and oxygen atoms in total. The Morgan fingerprint density at radius 1 is 1.24 bits per heavy atom. The van der Waals surface area contributed by atoms with Crippen LogP contribution in [-0.4, -0.2) is 58.1 Å². The molecule has 1 aliphatic heterocycles. The Kier molecular flexibility index (Phi) is 9.09. The van der Waals surface area contributed by atoms with Crippen molar-refractivity contribution in [2.24, 2.45) is 5.11 Å². The van der Waals surface area contributed by atoms with Gasteiger partial charge in [0.2, 0.25) is 0 Å². The molecular formula is C23H37N3O6Si. The van der Waals surface area contributed by atoms with E-state index in [1.165, 1.54) is 7.11 Å². The number of carbonyl (C=O) groups is 1. The summed E-state index contributed by atoms with van der Waals surface area (Å²) < 4.78 is 29.5. The van der Waals surface area contributed by atoms with Gasteiger partial charge in [0.1, 0.15) is 6.10 Å². The van der Waals surface area contributed by atoms with Gasteiger partial charge in [-0.15, -0.1) is 0 Å². The molecule has 0 radical (unpaired) electrons. The van der Waals surface area contributed by atoms with Crippen molar-refractivity contribution in [2.75, 3.05) is 13.7 Å². The molecule has 1 heterocycles. The summed E-state index contributed by atoms with van der Waals surface area (Å²) in [4.78, 5) is 15.5. The fourth-order valence-electron chi connectivity index (χ4n) is 3.29. The Morgan fingerprint density at radius 3 is 2.42 bits per heavy atom. The molecule has 2 rings (SSSR count). The minimum absolute atomic E-state index is 0.0299. The first kappa shape index (κ1) is 27.3. The van der Waals surface area contributed by atoms with Crippen molar-refractivity contribution in [1.82, 2.24) is 0 Å². The third kappa shape index (κ3) is 7.27. The summed E-state index contributed by atoms with van der Waals surface area (Å²) in [6, 6.07) is 8.85. The van der Waals surface area contributed by atoms with Crippen molar-refractivity contribution in [3.63, 3.8) is 0 Å². The van der Waals surface area contributed by atoms with Crippen molar-refractivity contribution >= 4 is 14.3 Å². The van der Waals surface area contributed by atoms with Gasteiger partial charge in [-0.3, -0.25) is 0 Å². The molecule has 4 atom stereocenters. The van der Waals surface area contributed by atoms with Crippen LogP contribution in [-0.2, 0) is 34.8 Å². The molecule has 1 aliphatic rings. The Hall–Kier alpha value is -1.94. The molecule has 0 saturated carbocycles. The maximum Gasteiger partial charge on any atom is 0.337 e. The summed E-state index contributed by atoms with van der Waals surface area (Å²) in [6.07, 6.45) is -2.69. The first-order valence-corrected chi connectivity index (χ1v) is 14.0. The summed E-state index contributed by atoms with van der Waals surface area (Å²) in [7, 11) is -0.855. The second kappa shape index (κ2) is 11.0. The van der Waals surface area contributed by atoms with Crippen molar-refractivity contribution < 1.29 is 28.2 Å². The van der Waals surface area contributed by atoms with E-state index in [9.17, 15) is 10.3 Å². The fraction of sp³-hybridized carbons (Fsp3) is 0.696. The molecule has 1 fully saturated rings. The summed E-state index contributed by atoms with van der Waals surface area (Å²) >= 11 is 0. The number of azide groups is 1. The highest BCUT2D eigenvalue weighted by molar-refractivity contribution is 6.74. The largest absolute Gasteiger partial charge is 0.467 e. The SMILES string of the molecule is COC(=O)[C@H]1OC(C)(C)O[C@H]1[C@H](OCc1ccccc1)[C@@H](CO[Si](C)(C)C(C)(C)C)N=[N+]=[N-]. The van der Waals surface area contributed by atoms with E-state index in [0.29, 0.717) is 0 Å². The molecule has 1 aromatic carbocycles. The maximum atomic E-state index is 12.5.